The van der Waals surface area contributed by atoms with E-state index in [1.807, 2.05) is 31.2 Å². The van der Waals surface area contributed by atoms with Crippen molar-refractivity contribution in [2.24, 2.45) is 11.1 Å². The number of aliphatic hydroxyl groups is 1. The number of rotatable bonds is 3. The monoisotopic (exact) mass is 239 g/mol. The molecule has 0 radical (unpaired) electrons. The molecule has 1 aromatic rings. The normalized spacial score (nSPS) is 22.2. The van der Waals surface area contributed by atoms with Gasteiger partial charge in [-0.05, 0) is 37.5 Å². The van der Waals surface area contributed by atoms with Crippen molar-refractivity contribution >= 4 is 11.6 Å². The minimum atomic E-state index is -0.857. The maximum atomic E-state index is 10.7. The lowest BCUT2D eigenvalue weighted by Gasteiger charge is -2.51. The molecule has 0 heterocycles. The van der Waals surface area contributed by atoms with Crippen molar-refractivity contribution in [2.75, 3.05) is 6.54 Å². The van der Waals surface area contributed by atoms with E-state index in [1.54, 1.807) is 0 Å². The summed E-state index contributed by atoms with van der Waals surface area (Å²) >= 11 is 5.85. The number of hydrogen-bond acceptors (Lipinski definition) is 2. The molecule has 1 saturated carbocycles. The average Bonchev–Trinajstić information content (AvgIpc) is 2.17. The first kappa shape index (κ1) is 11.9. The van der Waals surface area contributed by atoms with E-state index < -0.39 is 5.60 Å². The molecule has 2 rings (SSSR count). The van der Waals surface area contributed by atoms with E-state index in [0.29, 0.717) is 11.6 Å². The fraction of sp³-hybridized carbons (Fsp3) is 0.538. The standard InChI is InChI=1S/C13H18ClNO/c1-12(16,13(9-15)7-2-8-13)10-3-5-11(14)6-4-10/h3-6,16H,2,7-9,15H2,1H3. The maximum absolute atomic E-state index is 10.7. The molecule has 1 unspecified atom stereocenters. The summed E-state index contributed by atoms with van der Waals surface area (Å²) in [6, 6.07) is 7.40. The van der Waals surface area contributed by atoms with Gasteiger partial charge in [-0.2, -0.15) is 0 Å². The molecule has 0 aliphatic heterocycles. The topological polar surface area (TPSA) is 46.2 Å². The third kappa shape index (κ3) is 1.65. The van der Waals surface area contributed by atoms with Gasteiger partial charge < -0.3 is 10.8 Å². The van der Waals surface area contributed by atoms with Crippen molar-refractivity contribution in [3.63, 3.8) is 0 Å². The molecule has 0 spiro atoms. The first-order valence-corrected chi connectivity index (χ1v) is 6.08. The fourth-order valence-corrected chi connectivity index (χ4v) is 2.70. The largest absolute Gasteiger partial charge is 0.385 e. The van der Waals surface area contributed by atoms with Crippen LogP contribution in [0.15, 0.2) is 24.3 Å². The van der Waals surface area contributed by atoms with Crippen molar-refractivity contribution < 1.29 is 5.11 Å². The zero-order valence-corrected chi connectivity index (χ0v) is 10.3. The van der Waals surface area contributed by atoms with Crippen LogP contribution in [-0.2, 0) is 5.60 Å². The summed E-state index contributed by atoms with van der Waals surface area (Å²) in [6.45, 7) is 2.39. The molecule has 1 fully saturated rings. The van der Waals surface area contributed by atoms with E-state index >= 15 is 0 Å². The second-order valence-electron chi connectivity index (χ2n) is 4.92. The number of halogens is 1. The van der Waals surface area contributed by atoms with Crippen LogP contribution in [0.25, 0.3) is 0 Å². The Morgan fingerprint density at radius 1 is 1.38 bits per heavy atom. The van der Waals surface area contributed by atoms with Crippen LogP contribution in [0.4, 0.5) is 0 Å². The maximum Gasteiger partial charge on any atom is 0.0936 e. The van der Waals surface area contributed by atoms with E-state index in [1.165, 1.54) is 0 Å². The summed E-state index contributed by atoms with van der Waals surface area (Å²) in [5, 5.41) is 11.4. The summed E-state index contributed by atoms with van der Waals surface area (Å²) in [7, 11) is 0. The van der Waals surface area contributed by atoms with Gasteiger partial charge in [0.05, 0.1) is 5.60 Å². The van der Waals surface area contributed by atoms with Crippen molar-refractivity contribution in [3.8, 4) is 0 Å². The molecule has 1 aliphatic rings. The highest BCUT2D eigenvalue weighted by Crippen LogP contribution is 2.52. The van der Waals surface area contributed by atoms with Gasteiger partial charge in [-0.1, -0.05) is 30.2 Å². The fourth-order valence-electron chi connectivity index (χ4n) is 2.57. The molecule has 88 valence electrons. The second kappa shape index (κ2) is 4.02. The Bertz CT molecular complexity index is 363. The molecule has 1 atom stereocenters. The van der Waals surface area contributed by atoms with Crippen LogP contribution in [0.1, 0.15) is 31.7 Å². The van der Waals surface area contributed by atoms with Crippen molar-refractivity contribution in [1.29, 1.82) is 0 Å². The molecular formula is C13H18ClNO. The number of hydrogen-bond donors (Lipinski definition) is 2. The molecule has 3 N–H and O–H groups in total. The van der Waals surface area contributed by atoms with Gasteiger partial charge in [0, 0.05) is 17.0 Å². The second-order valence-corrected chi connectivity index (χ2v) is 5.35. The van der Waals surface area contributed by atoms with Gasteiger partial charge in [0.25, 0.3) is 0 Å². The Labute approximate surface area is 101 Å². The Kier molecular flexibility index (Phi) is 2.99. The highest BCUT2D eigenvalue weighted by molar-refractivity contribution is 6.30. The number of benzene rings is 1. The first-order valence-electron chi connectivity index (χ1n) is 5.70. The van der Waals surface area contributed by atoms with Crippen LogP contribution in [0.5, 0.6) is 0 Å². The van der Waals surface area contributed by atoms with Crippen LogP contribution in [0, 0.1) is 5.41 Å². The van der Waals surface area contributed by atoms with E-state index in [2.05, 4.69) is 0 Å². The van der Waals surface area contributed by atoms with Gasteiger partial charge in [-0.15, -0.1) is 0 Å². The third-order valence-corrected chi connectivity index (χ3v) is 4.39. The van der Waals surface area contributed by atoms with Gasteiger partial charge in [-0.3, -0.25) is 0 Å². The zero-order valence-electron chi connectivity index (χ0n) is 9.54. The molecule has 0 aromatic heterocycles. The smallest absolute Gasteiger partial charge is 0.0936 e. The highest BCUT2D eigenvalue weighted by Gasteiger charge is 2.50. The SMILES string of the molecule is CC(O)(c1ccc(Cl)cc1)C1(CN)CCC1. The van der Waals surface area contributed by atoms with Crippen molar-refractivity contribution in [1.82, 2.24) is 0 Å². The summed E-state index contributed by atoms with van der Waals surface area (Å²) < 4.78 is 0. The Morgan fingerprint density at radius 3 is 2.31 bits per heavy atom. The van der Waals surface area contributed by atoms with Crippen LogP contribution >= 0.6 is 11.6 Å². The third-order valence-electron chi connectivity index (χ3n) is 4.14. The average molecular weight is 240 g/mol. The van der Waals surface area contributed by atoms with Gasteiger partial charge in [-0.25, -0.2) is 0 Å². The summed E-state index contributed by atoms with van der Waals surface area (Å²) in [5.74, 6) is 0. The van der Waals surface area contributed by atoms with Crippen LogP contribution < -0.4 is 5.73 Å². The van der Waals surface area contributed by atoms with E-state index in [0.717, 1.165) is 24.8 Å². The Balaban J connectivity index is 2.34. The van der Waals surface area contributed by atoms with Crippen molar-refractivity contribution in [3.05, 3.63) is 34.9 Å². The van der Waals surface area contributed by atoms with Crippen molar-refractivity contribution in [2.45, 2.75) is 31.8 Å². The predicted molar refractivity (Wildman–Crippen MR) is 66.4 cm³/mol. The van der Waals surface area contributed by atoms with Gasteiger partial charge >= 0.3 is 0 Å². The lowest BCUT2D eigenvalue weighted by molar-refractivity contribution is -0.116. The Morgan fingerprint density at radius 2 is 1.94 bits per heavy atom. The number of nitrogens with two attached hydrogens (primary N) is 1. The predicted octanol–water partition coefficient (Wildman–Crippen LogP) is 2.68. The van der Waals surface area contributed by atoms with Crippen LogP contribution in [0.2, 0.25) is 5.02 Å². The minimum absolute atomic E-state index is 0.152. The quantitative estimate of drug-likeness (QED) is 0.852. The molecule has 1 aliphatic carbocycles. The summed E-state index contributed by atoms with van der Waals surface area (Å²) in [4.78, 5) is 0. The molecule has 2 nitrogen and oxygen atoms in total. The molecule has 0 saturated heterocycles. The summed E-state index contributed by atoms with van der Waals surface area (Å²) in [5.41, 5.74) is 5.73. The van der Waals surface area contributed by atoms with Gasteiger partial charge in [0.1, 0.15) is 0 Å². The lowest BCUT2D eigenvalue weighted by Crippen LogP contribution is -2.52. The van der Waals surface area contributed by atoms with E-state index in [9.17, 15) is 5.11 Å². The molecule has 3 heteroatoms. The van der Waals surface area contributed by atoms with E-state index in [4.69, 9.17) is 17.3 Å². The lowest BCUT2D eigenvalue weighted by atomic mass is 9.57. The van der Waals surface area contributed by atoms with Crippen LogP contribution in [0.3, 0.4) is 0 Å². The molecule has 16 heavy (non-hydrogen) atoms. The first-order chi connectivity index (χ1) is 7.52. The zero-order chi connectivity index (χ0) is 11.8. The molecule has 0 amide bonds. The van der Waals surface area contributed by atoms with E-state index in [-0.39, 0.29) is 5.41 Å². The minimum Gasteiger partial charge on any atom is -0.385 e. The molecule has 0 bridgehead atoms. The van der Waals surface area contributed by atoms with Gasteiger partial charge in [0.15, 0.2) is 0 Å². The molecular weight excluding hydrogens is 222 g/mol. The summed E-state index contributed by atoms with van der Waals surface area (Å²) in [6.07, 6.45) is 3.15. The van der Waals surface area contributed by atoms with Crippen LogP contribution in [-0.4, -0.2) is 11.7 Å². The van der Waals surface area contributed by atoms with Gasteiger partial charge in [0.2, 0.25) is 0 Å². The molecule has 1 aromatic carbocycles. The Hall–Kier alpha value is -0.570. The highest BCUT2D eigenvalue weighted by atomic mass is 35.5.